The molecule has 4 nitrogen and oxygen atoms in total. The van der Waals surface area contributed by atoms with Gasteiger partial charge in [0.2, 0.25) is 5.91 Å². The number of carbonyl (C=O) groups excluding carboxylic acids is 2. The van der Waals surface area contributed by atoms with E-state index >= 15 is 0 Å². The van der Waals surface area contributed by atoms with Gasteiger partial charge in [0.15, 0.2) is 5.78 Å². The molecule has 1 aliphatic rings. The largest absolute Gasteiger partial charge is 0.455 e. The maximum atomic E-state index is 13.2. The Kier molecular flexibility index (Phi) is 3.28. The van der Waals surface area contributed by atoms with Crippen LogP contribution in [0.4, 0.5) is 5.69 Å². The predicted octanol–water partition coefficient (Wildman–Crippen LogP) is 5.27. The third-order valence-corrected chi connectivity index (χ3v) is 4.87. The van der Waals surface area contributed by atoms with Crippen molar-refractivity contribution < 1.29 is 14.0 Å². The summed E-state index contributed by atoms with van der Waals surface area (Å²) in [5, 5.41) is 3.54. The van der Waals surface area contributed by atoms with Gasteiger partial charge in [-0.1, -0.05) is 54.6 Å². The summed E-state index contributed by atoms with van der Waals surface area (Å²) in [6.45, 7) is 1.43. The molecule has 1 aromatic heterocycles. The molecule has 1 aliphatic carbocycles. The van der Waals surface area contributed by atoms with Crippen molar-refractivity contribution in [1.82, 2.24) is 0 Å². The zero-order valence-corrected chi connectivity index (χ0v) is 14.6. The summed E-state index contributed by atoms with van der Waals surface area (Å²) in [6, 6.07) is 20.9. The van der Waals surface area contributed by atoms with Gasteiger partial charge in [0, 0.05) is 29.0 Å². The van der Waals surface area contributed by atoms with Crippen LogP contribution in [-0.4, -0.2) is 11.7 Å². The van der Waals surface area contributed by atoms with E-state index in [1.54, 1.807) is 12.1 Å². The molecule has 0 unspecified atom stereocenters. The zero-order chi connectivity index (χ0) is 18.5. The minimum Gasteiger partial charge on any atom is -0.455 e. The lowest BCUT2D eigenvalue weighted by atomic mass is 9.83. The number of benzene rings is 3. The van der Waals surface area contributed by atoms with Crippen LogP contribution in [0.1, 0.15) is 22.8 Å². The summed E-state index contributed by atoms with van der Waals surface area (Å²) < 4.78 is 6.20. The van der Waals surface area contributed by atoms with E-state index in [0.717, 1.165) is 27.8 Å². The van der Waals surface area contributed by atoms with Crippen LogP contribution in [-0.2, 0) is 4.79 Å². The molecule has 4 aromatic rings. The number of furan rings is 1. The van der Waals surface area contributed by atoms with E-state index in [-0.39, 0.29) is 11.7 Å². The van der Waals surface area contributed by atoms with Gasteiger partial charge in [0.05, 0.1) is 11.3 Å². The van der Waals surface area contributed by atoms with Gasteiger partial charge < -0.3 is 9.73 Å². The first kappa shape index (κ1) is 15.6. The molecule has 0 saturated carbocycles. The van der Waals surface area contributed by atoms with E-state index in [2.05, 4.69) is 5.32 Å². The first-order valence-corrected chi connectivity index (χ1v) is 8.72. The number of anilines is 1. The first-order chi connectivity index (χ1) is 13.1. The average Bonchev–Trinajstić information content (AvgIpc) is 3.07. The lowest BCUT2D eigenvalue weighted by molar-refractivity contribution is -0.114. The molecule has 1 amide bonds. The summed E-state index contributed by atoms with van der Waals surface area (Å²) in [7, 11) is 0. The Balaban J connectivity index is 1.94. The lowest BCUT2D eigenvalue weighted by Crippen LogP contribution is -2.15. The normalized spacial score (nSPS) is 12.1. The number of amides is 1. The van der Waals surface area contributed by atoms with Crippen LogP contribution in [0.2, 0.25) is 0 Å². The number of fused-ring (bicyclic) bond motifs is 2. The van der Waals surface area contributed by atoms with Gasteiger partial charge in [-0.3, -0.25) is 9.59 Å². The Bertz CT molecular complexity index is 1240. The lowest BCUT2D eigenvalue weighted by Gasteiger charge is -2.18. The number of hydrogen-bond donors (Lipinski definition) is 1. The fourth-order valence-corrected chi connectivity index (χ4v) is 3.80. The highest BCUT2D eigenvalue weighted by Gasteiger charge is 2.32. The van der Waals surface area contributed by atoms with E-state index < -0.39 is 0 Å². The minimum absolute atomic E-state index is 0.104. The monoisotopic (exact) mass is 353 g/mol. The van der Waals surface area contributed by atoms with Crippen LogP contribution in [0.3, 0.4) is 0 Å². The second-order valence-corrected chi connectivity index (χ2v) is 6.59. The third kappa shape index (κ3) is 2.23. The Labute approximate surface area is 155 Å². The summed E-state index contributed by atoms with van der Waals surface area (Å²) in [5.41, 5.74) is 4.94. The Hall–Kier alpha value is -3.66. The van der Waals surface area contributed by atoms with Crippen molar-refractivity contribution in [3.05, 3.63) is 77.9 Å². The van der Waals surface area contributed by atoms with E-state index in [4.69, 9.17) is 4.42 Å². The van der Waals surface area contributed by atoms with E-state index in [1.165, 1.54) is 6.92 Å². The third-order valence-electron chi connectivity index (χ3n) is 4.87. The highest BCUT2D eigenvalue weighted by Crippen LogP contribution is 2.48. The SMILES string of the molecule is CC(=O)Nc1ccc2oc(-c3ccccc3)c3c2c1C(=O)c1ccccc1-3. The number of rotatable bonds is 2. The quantitative estimate of drug-likeness (QED) is 0.470. The van der Waals surface area contributed by atoms with Crippen LogP contribution in [0.5, 0.6) is 0 Å². The molecule has 0 bridgehead atoms. The molecule has 0 spiro atoms. The van der Waals surface area contributed by atoms with Crippen LogP contribution in [0.25, 0.3) is 33.4 Å². The molecule has 1 heterocycles. The average molecular weight is 353 g/mol. The molecule has 0 atom stereocenters. The van der Waals surface area contributed by atoms with Gasteiger partial charge in [-0.2, -0.15) is 0 Å². The summed E-state index contributed by atoms with van der Waals surface area (Å²) in [4.78, 5) is 24.9. The second-order valence-electron chi connectivity index (χ2n) is 6.59. The molecule has 130 valence electrons. The van der Waals surface area contributed by atoms with Gasteiger partial charge in [0.1, 0.15) is 11.3 Å². The molecule has 27 heavy (non-hydrogen) atoms. The van der Waals surface area contributed by atoms with Crippen molar-refractivity contribution in [2.75, 3.05) is 5.32 Å². The van der Waals surface area contributed by atoms with Gasteiger partial charge >= 0.3 is 0 Å². The summed E-state index contributed by atoms with van der Waals surface area (Å²) in [6.07, 6.45) is 0. The van der Waals surface area contributed by atoms with Crippen LogP contribution in [0.15, 0.2) is 71.1 Å². The molecule has 0 saturated heterocycles. The summed E-state index contributed by atoms with van der Waals surface area (Å²) in [5.74, 6) is 0.408. The number of carbonyl (C=O) groups is 2. The highest BCUT2D eigenvalue weighted by molar-refractivity contribution is 6.30. The van der Waals surface area contributed by atoms with Crippen molar-refractivity contribution in [3.63, 3.8) is 0 Å². The molecule has 4 heteroatoms. The van der Waals surface area contributed by atoms with E-state index in [0.29, 0.717) is 22.4 Å². The minimum atomic E-state index is -0.217. The van der Waals surface area contributed by atoms with E-state index in [9.17, 15) is 9.59 Å². The zero-order valence-electron chi connectivity index (χ0n) is 14.6. The summed E-state index contributed by atoms with van der Waals surface area (Å²) >= 11 is 0. The van der Waals surface area contributed by atoms with Gasteiger partial charge in [0.25, 0.3) is 0 Å². The van der Waals surface area contributed by atoms with Crippen molar-refractivity contribution >= 4 is 28.3 Å². The Morgan fingerprint density at radius 1 is 0.852 bits per heavy atom. The highest BCUT2D eigenvalue weighted by atomic mass is 16.3. The van der Waals surface area contributed by atoms with Crippen LogP contribution >= 0.6 is 0 Å². The molecular weight excluding hydrogens is 338 g/mol. The number of nitrogens with one attached hydrogen (secondary N) is 1. The topological polar surface area (TPSA) is 59.3 Å². The van der Waals surface area contributed by atoms with Crippen molar-refractivity contribution in [3.8, 4) is 22.5 Å². The van der Waals surface area contributed by atoms with Crippen LogP contribution in [0, 0.1) is 0 Å². The van der Waals surface area contributed by atoms with Gasteiger partial charge in [-0.25, -0.2) is 0 Å². The molecule has 0 aliphatic heterocycles. The standard InChI is InChI=1S/C23H15NO3/c1-13(25)24-17-11-12-18-21-19(23(27-18)14-7-3-2-4-8-14)15-9-5-6-10-16(15)22(26)20(17)21/h2-12H,1H3,(H,24,25). The molecule has 0 fully saturated rings. The second kappa shape index (κ2) is 5.68. The Morgan fingerprint density at radius 2 is 1.56 bits per heavy atom. The Morgan fingerprint density at radius 3 is 2.30 bits per heavy atom. The van der Waals surface area contributed by atoms with Crippen molar-refractivity contribution in [2.45, 2.75) is 6.92 Å². The molecule has 5 rings (SSSR count). The number of hydrogen-bond acceptors (Lipinski definition) is 3. The molecule has 3 aromatic carbocycles. The predicted molar refractivity (Wildman–Crippen MR) is 105 cm³/mol. The maximum absolute atomic E-state index is 13.2. The van der Waals surface area contributed by atoms with Gasteiger partial charge in [-0.15, -0.1) is 0 Å². The van der Waals surface area contributed by atoms with Crippen LogP contribution < -0.4 is 5.32 Å². The first-order valence-electron chi connectivity index (χ1n) is 8.72. The molecular formula is C23H15NO3. The fraction of sp³-hybridized carbons (Fsp3) is 0.0435. The molecule has 1 N–H and O–H groups in total. The maximum Gasteiger partial charge on any atom is 0.221 e. The number of ketones is 1. The fourth-order valence-electron chi connectivity index (χ4n) is 3.80. The molecule has 0 radical (unpaired) electrons. The smallest absolute Gasteiger partial charge is 0.221 e. The van der Waals surface area contributed by atoms with E-state index in [1.807, 2.05) is 54.6 Å². The van der Waals surface area contributed by atoms with Crippen molar-refractivity contribution in [1.29, 1.82) is 0 Å². The van der Waals surface area contributed by atoms with Crippen molar-refractivity contribution in [2.24, 2.45) is 0 Å². The van der Waals surface area contributed by atoms with Gasteiger partial charge in [-0.05, 0) is 17.7 Å².